The summed E-state index contributed by atoms with van der Waals surface area (Å²) in [6, 6.07) is 18.9. The average Bonchev–Trinajstić information content (AvgIpc) is 2.63. The Kier molecular flexibility index (Phi) is 5.68. The third-order valence-corrected chi connectivity index (χ3v) is 4.58. The molecule has 126 valence electrons. The lowest BCUT2D eigenvalue weighted by molar-refractivity contribution is 0.280. The van der Waals surface area contributed by atoms with E-state index in [1.54, 1.807) is 7.11 Å². The Morgan fingerprint density at radius 3 is 2.54 bits per heavy atom. The molecule has 0 bridgehead atoms. The predicted octanol–water partition coefficient (Wildman–Crippen LogP) is 3.35. The zero-order chi connectivity index (χ0) is 16.8. The van der Waals surface area contributed by atoms with E-state index in [-0.39, 0.29) is 6.04 Å². The molecule has 1 unspecified atom stereocenters. The predicted molar refractivity (Wildman–Crippen MR) is 100 cm³/mol. The number of nitrogens with two attached hydrogens (primary N) is 1. The molecule has 0 fully saturated rings. The maximum atomic E-state index is 6.35. The van der Waals surface area contributed by atoms with Gasteiger partial charge in [-0.05, 0) is 30.0 Å². The highest BCUT2D eigenvalue weighted by atomic mass is 16.5. The maximum absolute atomic E-state index is 6.35. The standard InChI is InChI=1S/C21H26N2O/c1-24-21-10-6-5-9-20(21)18-11-13-23(14-12-18)16-19(22)15-17-7-3-2-4-8-17/h2-11,19H,12-16,22H2,1H3. The molecule has 0 saturated carbocycles. The van der Waals surface area contributed by atoms with Crippen molar-refractivity contribution in [1.82, 2.24) is 4.90 Å². The zero-order valence-corrected chi connectivity index (χ0v) is 14.3. The van der Waals surface area contributed by atoms with Crippen LogP contribution in [0.15, 0.2) is 60.7 Å². The van der Waals surface area contributed by atoms with E-state index in [0.717, 1.165) is 38.2 Å². The van der Waals surface area contributed by atoms with E-state index in [9.17, 15) is 0 Å². The lowest BCUT2D eigenvalue weighted by atomic mass is 9.98. The number of rotatable bonds is 6. The Morgan fingerprint density at radius 1 is 1.08 bits per heavy atom. The third-order valence-electron chi connectivity index (χ3n) is 4.58. The van der Waals surface area contributed by atoms with Crippen LogP contribution in [0.4, 0.5) is 0 Å². The number of para-hydroxylation sites is 1. The molecule has 24 heavy (non-hydrogen) atoms. The van der Waals surface area contributed by atoms with Crippen molar-refractivity contribution in [1.29, 1.82) is 0 Å². The largest absolute Gasteiger partial charge is 0.496 e. The smallest absolute Gasteiger partial charge is 0.126 e. The van der Waals surface area contributed by atoms with Crippen LogP contribution >= 0.6 is 0 Å². The first-order valence-electron chi connectivity index (χ1n) is 8.60. The van der Waals surface area contributed by atoms with Gasteiger partial charge in [0, 0.05) is 31.2 Å². The molecule has 0 aliphatic carbocycles. The van der Waals surface area contributed by atoms with Gasteiger partial charge in [-0.15, -0.1) is 0 Å². The third kappa shape index (κ3) is 4.25. The van der Waals surface area contributed by atoms with Gasteiger partial charge in [-0.2, -0.15) is 0 Å². The van der Waals surface area contributed by atoms with Crippen molar-refractivity contribution in [3.8, 4) is 5.75 Å². The Labute approximate surface area is 144 Å². The summed E-state index contributed by atoms with van der Waals surface area (Å²) < 4.78 is 5.48. The van der Waals surface area contributed by atoms with Crippen LogP contribution in [0.2, 0.25) is 0 Å². The fraction of sp³-hybridized carbons (Fsp3) is 0.333. The zero-order valence-electron chi connectivity index (χ0n) is 14.3. The lowest BCUT2D eigenvalue weighted by Gasteiger charge is -2.29. The molecule has 0 saturated heterocycles. The minimum atomic E-state index is 0.175. The van der Waals surface area contributed by atoms with Gasteiger partial charge in [0.05, 0.1) is 7.11 Å². The Bertz CT molecular complexity index is 681. The van der Waals surface area contributed by atoms with Gasteiger partial charge in [0.2, 0.25) is 0 Å². The molecule has 1 atom stereocenters. The molecule has 1 aliphatic rings. The molecule has 0 spiro atoms. The second-order valence-corrected chi connectivity index (χ2v) is 6.39. The van der Waals surface area contributed by atoms with Gasteiger partial charge in [0.1, 0.15) is 5.75 Å². The minimum Gasteiger partial charge on any atom is -0.496 e. The van der Waals surface area contributed by atoms with E-state index in [1.165, 1.54) is 16.7 Å². The van der Waals surface area contributed by atoms with Gasteiger partial charge >= 0.3 is 0 Å². The molecule has 3 rings (SSSR count). The summed E-state index contributed by atoms with van der Waals surface area (Å²) in [5, 5.41) is 0. The fourth-order valence-electron chi connectivity index (χ4n) is 3.34. The lowest BCUT2D eigenvalue weighted by Crippen LogP contribution is -2.40. The van der Waals surface area contributed by atoms with Crippen molar-refractivity contribution in [2.75, 3.05) is 26.7 Å². The Hall–Kier alpha value is -2.10. The number of ether oxygens (including phenoxy) is 1. The summed E-state index contributed by atoms with van der Waals surface area (Å²) in [5.41, 5.74) is 10.2. The molecule has 2 aromatic carbocycles. The van der Waals surface area contributed by atoms with Crippen molar-refractivity contribution >= 4 is 5.57 Å². The summed E-state index contributed by atoms with van der Waals surface area (Å²) in [6.45, 7) is 2.94. The van der Waals surface area contributed by atoms with E-state index in [0.29, 0.717) is 0 Å². The summed E-state index contributed by atoms with van der Waals surface area (Å²) in [7, 11) is 1.73. The summed E-state index contributed by atoms with van der Waals surface area (Å²) in [5.74, 6) is 0.956. The normalized spacial score (nSPS) is 16.5. The van der Waals surface area contributed by atoms with E-state index < -0.39 is 0 Å². The van der Waals surface area contributed by atoms with Gasteiger partial charge in [-0.1, -0.05) is 54.6 Å². The quantitative estimate of drug-likeness (QED) is 0.886. The van der Waals surface area contributed by atoms with Crippen molar-refractivity contribution in [3.63, 3.8) is 0 Å². The van der Waals surface area contributed by atoms with Crippen LogP contribution < -0.4 is 10.5 Å². The second-order valence-electron chi connectivity index (χ2n) is 6.39. The van der Waals surface area contributed by atoms with Crippen LogP contribution in [0.1, 0.15) is 17.5 Å². The van der Waals surface area contributed by atoms with E-state index in [2.05, 4.69) is 47.4 Å². The number of benzene rings is 2. The van der Waals surface area contributed by atoms with Crippen LogP contribution in [0.5, 0.6) is 5.75 Å². The highest BCUT2D eigenvalue weighted by Crippen LogP contribution is 2.29. The molecule has 3 heteroatoms. The number of hydrogen-bond donors (Lipinski definition) is 1. The molecule has 0 aromatic heterocycles. The SMILES string of the molecule is COc1ccccc1C1=CCN(CC(N)Cc2ccccc2)CC1. The van der Waals surface area contributed by atoms with Gasteiger partial charge in [0.15, 0.2) is 0 Å². The number of nitrogens with zero attached hydrogens (tertiary/aromatic N) is 1. The Balaban J connectivity index is 1.57. The molecule has 0 amide bonds. The van der Waals surface area contributed by atoms with Crippen LogP contribution in [0.25, 0.3) is 5.57 Å². The van der Waals surface area contributed by atoms with Crippen molar-refractivity contribution < 1.29 is 4.74 Å². The first-order chi connectivity index (χ1) is 11.8. The van der Waals surface area contributed by atoms with E-state index in [1.807, 2.05) is 18.2 Å². The fourth-order valence-corrected chi connectivity index (χ4v) is 3.34. The molecule has 0 radical (unpaired) electrons. The van der Waals surface area contributed by atoms with Crippen LogP contribution in [-0.2, 0) is 6.42 Å². The molecule has 1 heterocycles. The molecule has 1 aliphatic heterocycles. The monoisotopic (exact) mass is 322 g/mol. The van der Waals surface area contributed by atoms with Crippen LogP contribution in [0, 0.1) is 0 Å². The topological polar surface area (TPSA) is 38.5 Å². The number of methoxy groups -OCH3 is 1. The van der Waals surface area contributed by atoms with Gasteiger partial charge in [-0.25, -0.2) is 0 Å². The highest BCUT2D eigenvalue weighted by Gasteiger charge is 2.17. The summed E-state index contributed by atoms with van der Waals surface area (Å²) in [6.07, 6.45) is 4.29. The highest BCUT2D eigenvalue weighted by molar-refractivity contribution is 5.71. The molecule has 2 aromatic rings. The maximum Gasteiger partial charge on any atom is 0.126 e. The Morgan fingerprint density at radius 2 is 1.83 bits per heavy atom. The molecular formula is C21H26N2O. The summed E-state index contributed by atoms with van der Waals surface area (Å²) >= 11 is 0. The van der Waals surface area contributed by atoms with Gasteiger partial charge in [-0.3, -0.25) is 4.90 Å². The van der Waals surface area contributed by atoms with Gasteiger partial charge < -0.3 is 10.5 Å². The molecule has 3 nitrogen and oxygen atoms in total. The van der Waals surface area contributed by atoms with Crippen molar-refractivity contribution in [3.05, 3.63) is 71.8 Å². The van der Waals surface area contributed by atoms with Crippen LogP contribution in [0.3, 0.4) is 0 Å². The first kappa shape index (κ1) is 16.7. The van der Waals surface area contributed by atoms with E-state index >= 15 is 0 Å². The minimum absolute atomic E-state index is 0.175. The van der Waals surface area contributed by atoms with Crippen LogP contribution in [-0.4, -0.2) is 37.7 Å². The van der Waals surface area contributed by atoms with E-state index in [4.69, 9.17) is 10.5 Å². The molecule has 2 N–H and O–H groups in total. The second kappa shape index (κ2) is 8.13. The molecular weight excluding hydrogens is 296 g/mol. The average molecular weight is 322 g/mol. The van der Waals surface area contributed by atoms with Gasteiger partial charge in [0.25, 0.3) is 0 Å². The van der Waals surface area contributed by atoms with Crippen molar-refractivity contribution in [2.24, 2.45) is 5.73 Å². The summed E-state index contributed by atoms with van der Waals surface area (Å²) in [4.78, 5) is 2.44. The first-order valence-corrected chi connectivity index (χ1v) is 8.60. The number of hydrogen-bond acceptors (Lipinski definition) is 3. The van der Waals surface area contributed by atoms with Crippen molar-refractivity contribution in [2.45, 2.75) is 18.9 Å².